The Kier molecular flexibility index (Phi) is 6.01. The maximum absolute atomic E-state index is 12.1. The Morgan fingerprint density at radius 3 is 2.75 bits per heavy atom. The van der Waals surface area contributed by atoms with Crippen LogP contribution in [0.15, 0.2) is 17.5 Å². The molecule has 0 saturated carbocycles. The second-order valence-corrected chi connectivity index (χ2v) is 6.36. The lowest BCUT2D eigenvalue weighted by molar-refractivity contribution is -0.133. The number of carbonyl (C=O) groups excluding carboxylic acids is 1. The zero-order chi connectivity index (χ0) is 14.4. The molecule has 2 rings (SSSR count). The average Bonchev–Trinajstić information content (AvgIpc) is 2.98. The van der Waals surface area contributed by atoms with Crippen LogP contribution in [0.5, 0.6) is 0 Å². The molecule has 1 aliphatic rings. The molecule has 20 heavy (non-hydrogen) atoms. The van der Waals surface area contributed by atoms with E-state index in [2.05, 4.69) is 16.3 Å². The van der Waals surface area contributed by atoms with Gasteiger partial charge in [-0.05, 0) is 24.3 Å². The van der Waals surface area contributed by atoms with Gasteiger partial charge in [-0.3, -0.25) is 9.69 Å². The topological polar surface area (TPSA) is 43.8 Å². The Morgan fingerprint density at radius 2 is 2.15 bits per heavy atom. The molecule has 1 fully saturated rings. The van der Waals surface area contributed by atoms with Gasteiger partial charge in [0.15, 0.2) is 0 Å². The van der Waals surface area contributed by atoms with Crippen LogP contribution in [0, 0.1) is 0 Å². The number of aliphatic hydroxyl groups is 1. The van der Waals surface area contributed by atoms with E-state index in [1.165, 1.54) is 4.88 Å². The quantitative estimate of drug-likeness (QED) is 0.867. The molecule has 1 aliphatic heterocycles. The fourth-order valence-electron chi connectivity index (χ4n) is 2.45. The zero-order valence-electron chi connectivity index (χ0n) is 12.1. The van der Waals surface area contributed by atoms with Crippen molar-refractivity contribution in [2.24, 2.45) is 0 Å². The molecule has 0 aliphatic carbocycles. The Labute approximate surface area is 125 Å². The van der Waals surface area contributed by atoms with Gasteiger partial charge in [0.1, 0.15) is 0 Å². The number of amides is 1. The van der Waals surface area contributed by atoms with E-state index in [0.29, 0.717) is 6.42 Å². The highest BCUT2D eigenvalue weighted by atomic mass is 32.1. The molecule has 0 spiro atoms. The van der Waals surface area contributed by atoms with Gasteiger partial charge in [0.25, 0.3) is 0 Å². The molecule has 1 atom stereocenters. The third kappa shape index (κ3) is 4.58. The molecule has 1 aromatic rings. The summed E-state index contributed by atoms with van der Waals surface area (Å²) in [5.41, 5.74) is 0. The van der Waals surface area contributed by atoms with Crippen LogP contribution in [0.1, 0.15) is 24.6 Å². The molecule has 0 aromatic carbocycles. The highest BCUT2D eigenvalue weighted by Gasteiger charge is 2.21. The van der Waals surface area contributed by atoms with E-state index >= 15 is 0 Å². The lowest BCUT2D eigenvalue weighted by atomic mass is 10.2. The summed E-state index contributed by atoms with van der Waals surface area (Å²) in [5, 5.41) is 11.7. The number of hydrogen-bond donors (Lipinski definition) is 1. The summed E-state index contributed by atoms with van der Waals surface area (Å²) in [6.45, 7) is 6.06. The molecule has 1 aromatic heterocycles. The lowest BCUT2D eigenvalue weighted by Crippen LogP contribution is -2.50. The number of aryl methyl sites for hydroxylation is 1. The van der Waals surface area contributed by atoms with Crippen molar-refractivity contribution in [1.82, 2.24) is 9.80 Å². The fraction of sp³-hybridized carbons (Fsp3) is 0.667. The highest BCUT2D eigenvalue weighted by Crippen LogP contribution is 2.13. The summed E-state index contributed by atoms with van der Waals surface area (Å²) in [6, 6.07) is 4.12. The van der Waals surface area contributed by atoms with E-state index < -0.39 is 0 Å². The van der Waals surface area contributed by atoms with Crippen molar-refractivity contribution >= 4 is 17.2 Å². The number of hydrogen-bond acceptors (Lipinski definition) is 4. The molecule has 4 nitrogen and oxygen atoms in total. The predicted octanol–water partition coefficient (Wildman–Crippen LogP) is 1.60. The van der Waals surface area contributed by atoms with Crippen molar-refractivity contribution in [2.75, 3.05) is 32.7 Å². The molecule has 5 heteroatoms. The van der Waals surface area contributed by atoms with Gasteiger partial charge in [-0.15, -0.1) is 11.3 Å². The maximum atomic E-state index is 12.1. The second-order valence-electron chi connectivity index (χ2n) is 5.32. The summed E-state index contributed by atoms with van der Waals surface area (Å²) in [4.78, 5) is 17.6. The van der Waals surface area contributed by atoms with E-state index in [1.807, 2.05) is 17.9 Å². The number of aliphatic hydroxyl groups excluding tert-OH is 1. The van der Waals surface area contributed by atoms with Gasteiger partial charge in [0.2, 0.25) is 5.91 Å². The molecule has 1 saturated heterocycles. The minimum atomic E-state index is -0.240. The molecule has 0 unspecified atom stereocenters. The van der Waals surface area contributed by atoms with Crippen LogP contribution in [-0.4, -0.2) is 59.6 Å². The standard InChI is InChI=1S/C15H24N2O2S/c1-2-13(18)12-16-7-9-17(10-8-16)15(19)6-5-14-4-3-11-20-14/h3-4,11,13,18H,2,5-10,12H2,1H3/t13-/m1/s1. The average molecular weight is 296 g/mol. The Hall–Kier alpha value is -0.910. The van der Waals surface area contributed by atoms with Crippen LogP contribution in [0.25, 0.3) is 0 Å². The number of carbonyl (C=O) groups is 1. The van der Waals surface area contributed by atoms with Gasteiger partial charge >= 0.3 is 0 Å². The molecule has 0 radical (unpaired) electrons. The van der Waals surface area contributed by atoms with E-state index in [9.17, 15) is 9.90 Å². The van der Waals surface area contributed by atoms with E-state index in [0.717, 1.165) is 45.6 Å². The number of thiophene rings is 1. The third-order valence-electron chi connectivity index (χ3n) is 3.83. The first kappa shape index (κ1) is 15.5. The first-order valence-corrected chi connectivity index (χ1v) is 8.27. The van der Waals surface area contributed by atoms with E-state index in [1.54, 1.807) is 11.3 Å². The van der Waals surface area contributed by atoms with Crippen molar-refractivity contribution in [3.05, 3.63) is 22.4 Å². The smallest absolute Gasteiger partial charge is 0.223 e. The van der Waals surface area contributed by atoms with Gasteiger partial charge < -0.3 is 10.0 Å². The molecular formula is C15H24N2O2S. The summed E-state index contributed by atoms with van der Waals surface area (Å²) >= 11 is 1.71. The fourth-order valence-corrected chi connectivity index (χ4v) is 3.16. The minimum absolute atomic E-state index is 0.240. The molecule has 1 amide bonds. The van der Waals surface area contributed by atoms with Crippen LogP contribution in [0.3, 0.4) is 0 Å². The first-order valence-electron chi connectivity index (χ1n) is 7.39. The second kappa shape index (κ2) is 7.76. The predicted molar refractivity (Wildman–Crippen MR) is 82.0 cm³/mol. The SMILES string of the molecule is CC[C@@H](O)CN1CCN(C(=O)CCc2cccs2)CC1. The van der Waals surface area contributed by atoms with Crippen molar-refractivity contribution in [3.8, 4) is 0 Å². The highest BCUT2D eigenvalue weighted by molar-refractivity contribution is 7.09. The van der Waals surface area contributed by atoms with E-state index in [-0.39, 0.29) is 12.0 Å². The molecule has 2 heterocycles. The molecule has 0 bridgehead atoms. The number of rotatable bonds is 6. The Bertz CT molecular complexity index is 400. The van der Waals surface area contributed by atoms with Crippen LogP contribution < -0.4 is 0 Å². The van der Waals surface area contributed by atoms with Gasteiger partial charge in [-0.25, -0.2) is 0 Å². The van der Waals surface area contributed by atoms with Gasteiger partial charge in [-0.1, -0.05) is 13.0 Å². The molecule has 112 valence electrons. The summed E-state index contributed by atoms with van der Waals surface area (Å²) in [7, 11) is 0. The van der Waals surface area contributed by atoms with Gasteiger partial charge in [0.05, 0.1) is 6.10 Å². The third-order valence-corrected chi connectivity index (χ3v) is 4.77. The molecular weight excluding hydrogens is 272 g/mol. The Balaban J connectivity index is 1.69. The first-order chi connectivity index (χ1) is 9.69. The number of β-amino-alcohol motifs (C(OH)–C–C–N with tert-alkyl or cyclic N) is 1. The van der Waals surface area contributed by atoms with E-state index in [4.69, 9.17) is 0 Å². The number of nitrogens with zero attached hydrogens (tertiary/aromatic N) is 2. The van der Waals surface area contributed by atoms with Crippen molar-refractivity contribution < 1.29 is 9.90 Å². The van der Waals surface area contributed by atoms with Gasteiger partial charge in [0, 0.05) is 44.0 Å². The normalized spacial score (nSPS) is 18.2. The summed E-state index contributed by atoms with van der Waals surface area (Å²) in [6.07, 6.45) is 2.01. The largest absolute Gasteiger partial charge is 0.392 e. The minimum Gasteiger partial charge on any atom is -0.392 e. The zero-order valence-corrected chi connectivity index (χ0v) is 12.9. The van der Waals surface area contributed by atoms with Crippen LogP contribution in [0.2, 0.25) is 0 Å². The van der Waals surface area contributed by atoms with Crippen molar-refractivity contribution in [3.63, 3.8) is 0 Å². The van der Waals surface area contributed by atoms with Crippen LogP contribution in [0.4, 0.5) is 0 Å². The van der Waals surface area contributed by atoms with Crippen LogP contribution in [-0.2, 0) is 11.2 Å². The monoisotopic (exact) mass is 296 g/mol. The summed E-state index contributed by atoms with van der Waals surface area (Å²) in [5.74, 6) is 0.258. The van der Waals surface area contributed by atoms with Crippen molar-refractivity contribution in [1.29, 1.82) is 0 Å². The lowest BCUT2D eigenvalue weighted by Gasteiger charge is -2.35. The van der Waals surface area contributed by atoms with Crippen molar-refractivity contribution in [2.45, 2.75) is 32.3 Å². The molecule has 1 N–H and O–H groups in total. The Morgan fingerprint density at radius 1 is 1.40 bits per heavy atom. The summed E-state index contributed by atoms with van der Waals surface area (Å²) < 4.78 is 0. The number of piperazine rings is 1. The maximum Gasteiger partial charge on any atom is 0.223 e. The van der Waals surface area contributed by atoms with Gasteiger partial charge in [-0.2, -0.15) is 0 Å². The van der Waals surface area contributed by atoms with Crippen LogP contribution >= 0.6 is 11.3 Å².